The molecule has 1 fully saturated rings. The van der Waals surface area contributed by atoms with Gasteiger partial charge in [-0.25, -0.2) is 0 Å². The molecule has 6 heteroatoms. The van der Waals surface area contributed by atoms with Gasteiger partial charge in [-0.15, -0.1) is 0 Å². The van der Waals surface area contributed by atoms with Crippen LogP contribution in [-0.4, -0.2) is 55.4 Å². The molecule has 122 valence electrons. The van der Waals surface area contributed by atoms with Crippen molar-refractivity contribution in [2.75, 3.05) is 13.1 Å². The predicted molar refractivity (Wildman–Crippen MR) is 91.9 cm³/mol. The van der Waals surface area contributed by atoms with E-state index in [1.54, 1.807) is 24.3 Å². The van der Waals surface area contributed by atoms with Gasteiger partial charge in [0.05, 0.1) is 0 Å². The van der Waals surface area contributed by atoms with Gasteiger partial charge in [-0.05, 0) is 0 Å². The maximum atomic E-state index is 12.7. The van der Waals surface area contributed by atoms with Gasteiger partial charge < -0.3 is 0 Å². The molecule has 22 heavy (non-hydrogen) atoms. The van der Waals surface area contributed by atoms with Crippen LogP contribution >= 0.6 is 0 Å². The van der Waals surface area contributed by atoms with Gasteiger partial charge in [0.2, 0.25) is 0 Å². The minimum absolute atomic E-state index is 0.129. The van der Waals surface area contributed by atoms with Crippen LogP contribution in [0.3, 0.4) is 0 Å². The van der Waals surface area contributed by atoms with E-state index < -0.39 is 34.5 Å². The van der Waals surface area contributed by atoms with E-state index in [1.165, 1.54) is 4.31 Å². The van der Waals surface area contributed by atoms with Crippen molar-refractivity contribution in [2.45, 2.75) is 32.7 Å². The molecule has 0 aromatic heterocycles. The number of hydrogen-bond acceptors (Lipinski definition) is 3. The Labute approximate surface area is 137 Å². The zero-order valence-electron chi connectivity index (χ0n) is 13.7. The number of aliphatic hydroxyl groups excluding tert-OH is 1. The molecule has 2 rings (SSSR count). The molecule has 0 unspecified atom stereocenters. The quantitative estimate of drug-likeness (QED) is 0.747. The van der Waals surface area contributed by atoms with Gasteiger partial charge in [0.15, 0.2) is 0 Å². The van der Waals surface area contributed by atoms with Gasteiger partial charge in [-0.2, -0.15) is 0 Å². The molecule has 0 spiro atoms. The molecule has 1 heterocycles. The van der Waals surface area contributed by atoms with Crippen LogP contribution < -0.4 is 0 Å². The first kappa shape index (κ1) is 18.0. The van der Waals surface area contributed by atoms with Gasteiger partial charge in [0, 0.05) is 0 Å². The standard InChI is InChI=1S/C13H16NO3S.3CH3.Sn/c1-3-11-8-14(9-13(11)15)18(16,17)12-6-4-10(2)5-7-12;;;;/h4-7,11,13,15H,1,8-9H2,2H3;3*1H3;/t11-,13+;;;;/m0..../s1. The van der Waals surface area contributed by atoms with E-state index in [9.17, 15) is 13.5 Å². The summed E-state index contributed by atoms with van der Waals surface area (Å²) in [5.74, 6) is -0.129. The summed E-state index contributed by atoms with van der Waals surface area (Å²) in [6.07, 6.45) is -0.649. The van der Waals surface area contributed by atoms with Gasteiger partial charge in [-0.1, -0.05) is 0 Å². The number of aliphatic hydroxyl groups is 1. The maximum absolute atomic E-state index is 12.7. The van der Waals surface area contributed by atoms with E-state index in [4.69, 9.17) is 0 Å². The van der Waals surface area contributed by atoms with E-state index in [0.29, 0.717) is 6.54 Å². The first-order valence-corrected chi connectivity index (χ1v) is 18.9. The SMILES string of the molecule is C=[C]([C@H]1CN(S(=O)(=O)c2ccc(C)cc2)C[C@H]1O)[Sn]([CH3])([CH3])[CH3]. The van der Waals surface area contributed by atoms with Crippen molar-refractivity contribution in [1.29, 1.82) is 0 Å². The molecular formula is C16H25NO3SSn. The van der Waals surface area contributed by atoms with Crippen LogP contribution in [0.5, 0.6) is 0 Å². The molecule has 1 aliphatic rings. The third kappa shape index (κ3) is 3.58. The van der Waals surface area contributed by atoms with Crippen LogP contribution in [-0.2, 0) is 10.0 Å². The molecule has 0 bridgehead atoms. The van der Waals surface area contributed by atoms with Crippen molar-refractivity contribution in [3.8, 4) is 0 Å². The Balaban J connectivity index is 2.25. The van der Waals surface area contributed by atoms with Crippen molar-refractivity contribution < 1.29 is 13.5 Å². The number of benzene rings is 1. The molecule has 1 aliphatic heterocycles. The Morgan fingerprint density at radius 2 is 1.77 bits per heavy atom. The Kier molecular flexibility index (Phi) is 5.12. The summed E-state index contributed by atoms with van der Waals surface area (Å²) < 4.78 is 27.9. The topological polar surface area (TPSA) is 57.6 Å². The van der Waals surface area contributed by atoms with Crippen LogP contribution in [0.25, 0.3) is 0 Å². The summed E-state index contributed by atoms with van der Waals surface area (Å²) in [7, 11) is -3.54. The van der Waals surface area contributed by atoms with E-state index in [2.05, 4.69) is 21.4 Å². The summed E-state index contributed by atoms with van der Waals surface area (Å²) in [6, 6.07) is 6.84. The summed E-state index contributed by atoms with van der Waals surface area (Å²) in [4.78, 5) is 7.00. The minimum atomic E-state index is -3.54. The fourth-order valence-corrected chi connectivity index (χ4v) is 8.17. The fourth-order valence-electron chi connectivity index (χ4n) is 2.71. The number of nitrogens with zero attached hydrogens (tertiary/aromatic N) is 1. The predicted octanol–water partition coefficient (Wildman–Crippen LogP) is 2.41. The Morgan fingerprint density at radius 1 is 1.23 bits per heavy atom. The van der Waals surface area contributed by atoms with Crippen LogP contribution in [0.4, 0.5) is 0 Å². The number of sulfonamides is 1. The normalized spacial score (nSPS) is 23.7. The van der Waals surface area contributed by atoms with Gasteiger partial charge in [-0.3, -0.25) is 0 Å². The van der Waals surface area contributed by atoms with E-state index in [1.807, 2.05) is 6.92 Å². The third-order valence-corrected chi connectivity index (χ3v) is 12.7. The average Bonchev–Trinajstić information content (AvgIpc) is 2.80. The van der Waals surface area contributed by atoms with Crippen LogP contribution in [0.15, 0.2) is 39.3 Å². The van der Waals surface area contributed by atoms with Gasteiger partial charge in [0.1, 0.15) is 0 Å². The van der Waals surface area contributed by atoms with Gasteiger partial charge >= 0.3 is 138 Å². The van der Waals surface area contributed by atoms with Crippen LogP contribution in [0.2, 0.25) is 14.8 Å². The van der Waals surface area contributed by atoms with Crippen molar-refractivity contribution in [2.24, 2.45) is 5.92 Å². The average molecular weight is 430 g/mol. The molecule has 2 atom stereocenters. The molecule has 0 saturated carbocycles. The summed E-state index contributed by atoms with van der Waals surface area (Å²) >= 11 is -2.37. The van der Waals surface area contributed by atoms with Crippen LogP contribution in [0.1, 0.15) is 5.56 Å². The van der Waals surface area contributed by atoms with E-state index in [0.717, 1.165) is 9.15 Å². The molecular weight excluding hydrogens is 405 g/mol. The van der Waals surface area contributed by atoms with Crippen molar-refractivity contribution in [1.82, 2.24) is 4.31 Å². The number of aryl methyl sites for hydroxylation is 1. The number of hydrogen-bond donors (Lipinski definition) is 1. The molecule has 1 saturated heterocycles. The fraction of sp³-hybridized carbons (Fsp3) is 0.500. The van der Waals surface area contributed by atoms with Crippen molar-refractivity contribution in [3.05, 3.63) is 40.0 Å². The molecule has 0 aliphatic carbocycles. The van der Waals surface area contributed by atoms with Gasteiger partial charge in [0.25, 0.3) is 0 Å². The van der Waals surface area contributed by atoms with E-state index >= 15 is 0 Å². The first-order chi connectivity index (χ1) is 10.0. The van der Waals surface area contributed by atoms with Crippen molar-refractivity contribution in [3.63, 3.8) is 0 Å². The number of rotatable bonds is 4. The van der Waals surface area contributed by atoms with Crippen molar-refractivity contribution >= 4 is 28.4 Å². The van der Waals surface area contributed by atoms with Crippen LogP contribution in [0, 0.1) is 12.8 Å². The summed E-state index contributed by atoms with van der Waals surface area (Å²) in [5, 5.41) is 10.3. The summed E-state index contributed by atoms with van der Waals surface area (Å²) in [6.45, 7) is 6.59. The second-order valence-corrected chi connectivity index (χ2v) is 23.7. The zero-order valence-corrected chi connectivity index (χ0v) is 17.4. The third-order valence-electron chi connectivity index (χ3n) is 4.33. The Bertz CT molecular complexity index is 662. The first-order valence-electron chi connectivity index (χ1n) is 7.47. The summed E-state index contributed by atoms with van der Waals surface area (Å²) in [5.41, 5.74) is 1.02. The molecule has 0 radical (unpaired) electrons. The molecule has 1 aromatic carbocycles. The second-order valence-electron chi connectivity index (χ2n) is 7.08. The Morgan fingerprint density at radius 3 is 2.27 bits per heavy atom. The zero-order chi connectivity index (χ0) is 16.7. The number of β-amino-alcohol motifs (C(OH)–C–C–N with tert-alkyl or cyclic N) is 1. The molecule has 0 amide bonds. The molecule has 4 nitrogen and oxygen atoms in total. The molecule has 1 N–H and O–H groups in total. The molecule has 1 aromatic rings. The second kappa shape index (κ2) is 6.26. The monoisotopic (exact) mass is 431 g/mol. The van der Waals surface area contributed by atoms with E-state index in [-0.39, 0.29) is 17.4 Å². The Hall–Kier alpha value is -0.371.